The maximum atomic E-state index is 12.7. The first-order valence-electron chi connectivity index (χ1n) is 11.4. The van der Waals surface area contributed by atoms with Crippen LogP contribution in [0.1, 0.15) is 39.0 Å². The maximum absolute atomic E-state index is 12.7. The number of methoxy groups -OCH3 is 1. The number of hydrogen-bond donors (Lipinski definition) is 5. The first kappa shape index (κ1) is 26.0. The number of nitrogens with one attached hydrogen (secondary N) is 4. The second-order valence-electron chi connectivity index (χ2n) is 9.43. The molecule has 0 aliphatic heterocycles. The third-order valence-electron chi connectivity index (χ3n) is 5.52. The average molecular weight is 526 g/mol. The van der Waals surface area contributed by atoms with E-state index in [-0.39, 0.29) is 17.9 Å². The first-order valence-corrected chi connectivity index (χ1v) is 11.8. The van der Waals surface area contributed by atoms with Crippen molar-refractivity contribution in [1.82, 2.24) is 19.8 Å². The highest BCUT2D eigenvalue weighted by atomic mass is 35.5. The monoisotopic (exact) mass is 525 g/mol. The molecule has 5 N–H and O–H groups in total. The second kappa shape index (κ2) is 10.1. The number of carbonyl (C=O) groups excluding carboxylic acids is 2. The summed E-state index contributed by atoms with van der Waals surface area (Å²) in [5, 5.41) is 27.2. The number of H-pyrrole nitrogens is 1. The van der Waals surface area contributed by atoms with E-state index in [1.165, 1.54) is 18.7 Å². The van der Waals surface area contributed by atoms with Gasteiger partial charge in [-0.05, 0) is 24.3 Å². The molecule has 37 heavy (non-hydrogen) atoms. The molecule has 0 fully saturated rings. The Bertz CT molecular complexity index is 1490. The number of ether oxygens (including phenoxy) is 1. The van der Waals surface area contributed by atoms with Crippen LogP contribution in [0.25, 0.3) is 17.0 Å². The van der Waals surface area contributed by atoms with E-state index in [9.17, 15) is 14.7 Å². The highest BCUT2D eigenvalue weighted by Gasteiger charge is 2.25. The van der Waals surface area contributed by atoms with Crippen molar-refractivity contribution < 1.29 is 19.4 Å². The SMILES string of the molecule is COc1cc(NC(=O)Nc2cc(NC(C)=O)ccc2CO)ccc1-c1nn2nc(C(C)(C)C)c(Cl)c2[nH]1. The number of hydrogen-bond acceptors (Lipinski definition) is 6. The van der Waals surface area contributed by atoms with Gasteiger partial charge in [-0.3, -0.25) is 4.79 Å². The van der Waals surface area contributed by atoms with Crippen molar-refractivity contribution in [2.45, 2.75) is 39.7 Å². The van der Waals surface area contributed by atoms with Crippen molar-refractivity contribution in [3.8, 4) is 17.1 Å². The zero-order valence-electron chi connectivity index (χ0n) is 21.1. The molecule has 194 valence electrons. The molecule has 2 aromatic carbocycles. The fourth-order valence-electron chi connectivity index (χ4n) is 3.76. The molecule has 0 bridgehead atoms. The number of amides is 3. The fraction of sp³-hybridized carbons (Fsp3) is 0.280. The lowest BCUT2D eigenvalue weighted by Crippen LogP contribution is -2.20. The van der Waals surface area contributed by atoms with E-state index in [2.05, 4.69) is 31.1 Å². The van der Waals surface area contributed by atoms with Gasteiger partial charge in [-0.1, -0.05) is 38.4 Å². The standard InChI is InChI=1S/C25H28ClN7O4/c1-13(35)27-15-7-6-14(12-34)18(10-15)29-24(36)28-16-8-9-17(19(11-16)37-5)22-30-23-20(26)21(25(2,3)4)31-33(23)32-22/h6-11,34H,12H2,1-5H3,(H,27,35)(H,30,32)(H2,28,29,36). The molecular weight excluding hydrogens is 498 g/mol. The molecule has 2 heterocycles. The van der Waals surface area contributed by atoms with Crippen LogP contribution in [-0.4, -0.2) is 44.0 Å². The number of fused-ring (bicyclic) bond motifs is 1. The van der Waals surface area contributed by atoms with Crippen LogP contribution in [0.15, 0.2) is 36.4 Å². The predicted molar refractivity (Wildman–Crippen MR) is 142 cm³/mol. The van der Waals surface area contributed by atoms with Gasteiger partial charge >= 0.3 is 6.03 Å². The number of aliphatic hydroxyl groups is 1. The normalized spacial score (nSPS) is 11.4. The highest BCUT2D eigenvalue weighted by molar-refractivity contribution is 6.34. The number of nitrogens with zero attached hydrogens (tertiary/aromatic N) is 3. The molecule has 4 aromatic rings. The van der Waals surface area contributed by atoms with Crippen molar-refractivity contribution in [3.63, 3.8) is 0 Å². The number of aliphatic hydroxyl groups excluding tert-OH is 1. The smallest absolute Gasteiger partial charge is 0.323 e. The van der Waals surface area contributed by atoms with Gasteiger partial charge in [0.2, 0.25) is 5.91 Å². The lowest BCUT2D eigenvalue weighted by molar-refractivity contribution is -0.114. The molecule has 0 atom stereocenters. The predicted octanol–water partition coefficient (Wildman–Crippen LogP) is 4.78. The number of carbonyl (C=O) groups is 2. The summed E-state index contributed by atoms with van der Waals surface area (Å²) >= 11 is 6.54. The van der Waals surface area contributed by atoms with Crippen molar-refractivity contribution in [2.75, 3.05) is 23.1 Å². The molecular formula is C25H28ClN7O4. The van der Waals surface area contributed by atoms with E-state index in [0.29, 0.717) is 50.4 Å². The van der Waals surface area contributed by atoms with E-state index in [1.54, 1.807) is 36.4 Å². The molecule has 11 nitrogen and oxygen atoms in total. The van der Waals surface area contributed by atoms with Gasteiger partial charge in [-0.25, -0.2) is 4.79 Å². The maximum Gasteiger partial charge on any atom is 0.323 e. The van der Waals surface area contributed by atoms with Crippen molar-refractivity contribution in [1.29, 1.82) is 0 Å². The summed E-state index contributed by atoms with van der Waals surface area (Å²) in [5.74, 6) is 0.715. The van der Waals surface area contributed by atoms with Crippen LogP contribution in [0.4, 0.5) is 21.9 Å². The van der Waals surface area contributed by atoms with E-state index >= 15 is 0 Å². The lowest BCUT2D eigenvalue weighted by Gasteiger charge is -2.15. The Morgan fingerprint density at radius 3 is 2.41 bits per heavy atom. The van der Waals surface area contributed by atoms with Gasteiger partial charge in [-0.15, -0.1) is 9.73 Å². The van der Waals surface area contributed by atoms with Crippen LogP contribution in [-0.2, 0) is 16.8 Å². The summed E-state index contributed by atoms with van der Waals surface area (Å²) in [6, 6.07) is 9.40. The Hall–Kier alpha value is -4.09. The molecule has 12 heteroatoms. The Labute approximate surface area is 218 Å². The van der Waals surface area contributed by atoms with E-state index in [4.69, 9.17) is 16.3 Å². The molecule has 0 aliphatic rings. The fourth-order valence-corrected chi connectivity index (χ4v) is 4.20. The summed E-state index contributed by atoms with van der Waals surface area (Å²) in [5.41, 5.74) is 3.54. The summed E-state index contributed by atoms with van der Waals surface area (Å²) in [6.45, 7) is 7.17. The van der Waals surface area contributed by atoms with Crippen molar-refractivity contribution in [3.05, 3.63) is 52.7 Å². The van der Waals surface area contributed by atoms with E-state index in [1.807, 2.05) is 20.8 Å². The van der Waals surface area contributed by atoms with E-state index < -0.39 is 6.03 Å². The summed E-state index contributed by atoms with van der Waals surface area (Å²) in [7, 11) is 1.52. The number of aromatic amines is 1. The lowest BCUT2D eigenvalue weighted by atomic mass is 9.92. The van der Waals surface area contributed by atoms with Gasteiger partial charge in [-0.2, -0.15) is 5.10 Å². The van der Waals surface area contributed by atoms with Crippen LogP contribution in [0.5, 0.6) is 5.75 Å². The minimum Gasteiger partial charge on any atom is -0.496 e. The molecule has 0 aliphatic carbocycles. The number of benzene rings is 2. The Morgan fingerprint density at radius 2 is 1.78 bits per heavy atom. The van der Waals surface area contributed by atoms with Gasteiger partial charge in [0, 0.05) is 41.0 Å². The van der Waals surface area contributed by atoms with Gasteiger partial charge in [0.1, 0.15) is 10.8 Å². The van der Waals surface area contributed by atoms with Crippen LogP contribution < -0.4 is 20.7 Å². The number of halogens is 1. The van der Waals surface area contributed by atoms with Gasteiger partial charge in [0.05, 0.1) is 25.0 Å². The minimum atomic E-state index is -0.539. The Balaban J connectivity index is 1.55. The summed E-state index contributed by atoms with van der Waals surface area (Å²) < 4.78 is 7.01. The highest BCUT2D eigenvalue weighted by Crippen LogP contribution is 2.35. The van der Waals surface area contributed by atoms with Crippen molar-refractivity contribution >= 4 is 46.2 Å². The van der Waals surface area contributed by atoms with Gasteiger partial charge in [0.15, 0.2) is 11.5 Å². The van der Waals surface area contributed by atoms with Gasteiger partial charge in [0.25, 0.3) is 0 Å². The molecule has 0 radical (unpaired) electrons. The molecule has 4 rings (SSSR count). The number of rotatable bonds is 6. The topological polar surface area (TPSA) is 146 Å². The Morgan fingerprint density at radius 1 is 1.08 bits per heavy atom. The van der Waals surface area contributed by atoms with Crippen LogP contribution in [0.3, 0.4) is 0 Å². The van der Waals surface area contributed by atoms with E-state index in [0.717, 1.165) is 5.69 Å². The first-order chi connectivity index (χ1) is 17.5. The zero-order chi connectivity index (χ0) is 26.9. The quantitative estimate of drug-likeness (QED) is 0.245. The average Bonchev–Trinajstić information content (AvgIpc) is 3.38. The Kier molecular flexibility index (Phi) is 7.10. The summed E-state index contributed by atoms with van der Waals surface area (Å²) in [6.07, 6.45) is 0. The third kappa shape index (κ3) is 5.52. The summed E-state index contributed by atoms with van der Waals surface area (Å²) in [4.78, 5) is 27.2. The van der Waals surface area contributed by atoms with Crippen LogP contribution in [0.2, 0.25) is 5.02 Å². The van der Waals surface area contributed by atoms with Gasteiger partial charge < -0.3 is 30.8 Å². The zero-order valence-corrected chi connectivity index (χ0v) is 21.8. The van der Waals surface area contributed by atoms with Crippen LogP contribution >= 0.6 is 11.6 Å². The second-order valence-corrected chi connectivity index (χ2v) is 9.81. The number of urea groups is 1. The molecule has 0 saturated carbocycles. The molecule has 2 aromatic heterocycles. The molecule has 0 unspecified atom stereocenters. The minimum absolute atomic E-state index is 0.236. The largest absolute Gasteiger partial charge is 0.496 e. The van der Waals surface area contributed by atoms with Crippen LogP contribution in [0, 0.1) is 0 Å². The number of anilines is 3. The molecule has 0 spiro atoms. The third-order valence-corrected chi connectivity index (χ3v) is 5.87. The number of aromatic nitrogens is 4. The molecule has 3 amide bonds. The van der Waals surface area contributed by atoms with Crippen molar-refractivity contribution in [2.24, 2.45) is 0 Å². The molecule has 0 saturated heterocycles.